The summed E-state index contributed by atoms with van der Waals surface area (Å²) in [5.74, 6) is -1.18. The lowest BCUT2D eigenvalue weighted by atomic mass is 10.3. The number of hydrogen-bond acceptors (Lipinski definition) is 4. The lowest BCUT2D eigenvalue weighted by Crippen LogP contribution is -2.18. The highest BCUT2D eigenvalue weighted by Gasteiger charge is 2.16. The van der Waals surface area contributed by atoms with Gasteiger partial charge in [-0.1, -0.05) is 13.3 Å². The summed E-state index contributed by atoms with van der Waals surface area (Å²) in [6, 6.07) is 2.85. The van der Waals surface area contributed by atoms with Crippen LogP contribution in [0.25, 0.3) is 0 Å². The number of primary sulfonamides is 1. The number of nitrogens with two attached hydrogens (primary N) is 1. The number of anilines is 1. The van der Waals surface area contributed by atoms with E-state index in [0.29, 0.717) is 12.8 Å². The Balaban J connectivity index is 2.97. The number of rotatable bonds is 6. The molecule has 6 nitrogen and oxygen atoms in total. The van der Waals surface area contributed by atoms with Gasteiger partial charge in [0.1, 0.15) is 10.7 Å². The van der Waals surface area contributed by atoms with E-state index in [1.807, 2.05) is 6.92 Å². The lowest BCUT2D eigenvalue weighted by molar-refractivity contribution is 0.568. The molecule has 1 aromatic carbocycles. The van der Waals surface area contributed by atoms with Crippen molar-refractivity contribution in [1.82, 2.24) is 0 Å². The summed E-state index contributed by atoms with van der Waals surface area (Å²) in [5, 5.41) is 4.79. The maximum atomic E-state index is 13.5. The summed E-state index contributed by atoms with van der Waals surface area (Å²) in [6.45, 7) is 1.84. The highest BCUT2D eigenvalue weighted by molar-refractivity contribution is 7.92. The van der Waals surface area contributed by atoms with Crippen molar-refractivity contribution in [2.45, 2.75) is 24.7 Å². The molecule has 1 rings (SSSR count). The Labute approximate surface area is 111 Å². The van der Waals surface area contributed by atoms with Gasteiger partial charge >= 0.3 is 0 Å². The van der Waals surface area contributed by atoms with Gasteiger partial charge in [-0.3, -0.25) is 4.72 Å². The maximum absolute atomic E-state index is 13.5. The van der Waals surface area contributed by atoms with Crippen molar-refractivity contribution in [2.24, 2.45) is 5.14 Å². The number of hydrogen-bond donors (Lipinski definition) is 2. The number of unbranched alkanes of at least 4 members (excludes halogenated alkanes) is 1. The zero-order valence-corrected chi connectivity index (χ0v) is 11.9. The number of nitrogens with one attached hydrogen (secondary N) is 1. The summed E-state index contributed by atoms with van der Waals surface area (Å²) in [6.07, 6.45) is 1.19. The van der Waals surface area contributed by atoms with Crippen molar-refractivity contribution in [2.75, 3.05) is 10.5 Å². The van der Waals surface area contributed by atoms with Gasteiger partial charge in [0.05, 0.1) is 11.4 Å². The number of benzene rings is 1. The van der Waals surface area contributed by atoms with E-state index in [-0.39, 0.29) is 11.4 Å². The van der Waals surface area contributed by atoms with E-state index in [1.54, 1.807) is 0 Å². The van der Waals surface area contributed by atoms with Crippen molar-refractivity contribution in [3.8, 4) is 0 Å². The first-order valence-electron chi connectivity index (χ1n) is 5.48. The quantitative estimate of drug-likeness (QED) is 0.818. The zero-order chi connectivity index (χ0) is 14.7. The third-order valence-corrected chi connectivity index (χ3v) is 4.60. The SMILES string of the molecule is CCCCS(=O)(=O)Nc1ccc(S(N)(=O)=O)c(F)c1. The van der Waals surface area contributed by atoms with Gasteiger partial charge in [-0.25, -0.2) is 26.4 Å². The second-order valence-electron chi connectivity index (χ2n) is 3.96. The average molecular weight is 310 g/mol. The minimum Gasteiger partial charge on any atom is -0.283 e. The molecule has 19 heavy (non-hydrogen) atoms. The molecule has 0 heterocycles. The van der Waals surface area contributed by atoms with E-state index >= 15 is 0 Å². The van der Waals surface area contributed by atoms with Gasteiger partial charge in [0.15, 0.2) is 0 Å². The summed E-state index contributed by atoms with van der Waals surface area (Å²) in [7, 11) is -7.72. The molecule has 0 bridgehead atoms. The van der Waals surface area contributed by atoms with Gasteiger partial charge in [-0.15, -0.1) is 0 Å². The second-order valence-corrected chi connectivity index (χ2v) is 7.34. The first kappa shape index (κ1) is 15.9. The highest BCUT2D eigenvalue weighted by Crippen LogP contribution is 2.18. The van der Waals surface area contributed by atoms with Crippen molar-refractivity contribution in [1.29, 1.82) is 0 Å². The van der Waals surface area contributed by atoms with Crippen molar-refractivity contribution in [3.05, 3.63) is 24.0 Å². The molecule has 1 aromatic rings. The van der Waals surface area contributed by atoms with Gasteiger partial charge in [0.25, 0.3) is 0 Å². The molecule has 3 N–H and O–H groups in total. The molecule has 0 aliphatic carbocycles. The fraction of sp³-hybridized carbons (Fsp3) is 0.400. The molecule has 108 valence electrons. The third-order valence-electron chi connectivity index (χ3n) is 2.28. The summed E-state index contributed by atoms with van der Waals surface area (Å²) in [5.41, 5.74) is -0.0407. The van der Waals surface area contributed by atoms with E-state index in [9.17, 15) is 21.2 Å². The summed E-state index contributed by atoms with van der Waals surface area (Å²) >= 11 is 0. The van der Waals surface area contributed by atoms with Gasteiger partial charge in [-0.05, 0) is 24.6 Å². The molecular formula is C10H15FN2O4S2. The molecule has 0 atom stereocenters. The van der Waals surface area contributed by atoms with Crippen LogP contribution in [0.3, 0.4) is 0 Å². The van der Waals surface area contributed by atoms with Crippen LogP contribution in [0.4, 0.5) is 10.1 Å². The Morgan fingerprint density at radius 1 is 1.26 bits per heavy atom. The van der Waals surface area contributed by atoms with Crippen molar-refractivity contribution < 1.29 is 21.2 Å². The van der Waals surface area contributed by atoms with E-state index in [1.165, 1.54) is 0 Å². The fourth-order valence-electron chi connectivity index (χ4n) is 1.36. The normalized spacial score (nSPS) is 12.4. The molecule has 0 spiro atoms. The molecule has 0 fully saturated rings. The second kappa shape index (κ2) is 5.85. The smallest absolute Gasteiger partial charge is 0.240 e. The zero-order valence-electron chi connectivity index (χ0n) is 10.3. The predicted molar refractivity (Wildman–Crippen MR) is 70.1 cm³/mol. The van der Waals surface area contributed by atoms with Crippen LogP contribution in [-0.4, -0.2) is 22.6 Å². The van der Waals surface area contributed by atoms with Crippen LogP contribution in [0.1, 0.15) is 19.8 Å². The minimum atomic E-state index is -4.16. The lowest BCUT2D eigenvalue weighted by Gasteiger charge is -2.08. The molecule has 9 heteroatoms. The van der Waals surface area contributed by atoms with Crippen LogP contribution >= 0.6 is 0 Å². The molecule has 0 aliphatic rings. The number of sulfonamides is 2. The van der Waals surface area contributed by atoms with E-state index in [2.05, 4.69) is 4.72 Å². The molecule has 0 saturated heterocycles. The largest absolute Gasteiger partial charge is 0.283 e. The van der Waals surface area contributed by atoms with Crippen LogP contribution in [0.15, 0.2) is 23.1 Å². The van der Waals surface area contributed by atoms with Gasteiger partial charge in [0.2, 0.25) is 20.0 Å². The monoisotopic (exact) mass is 310 g/mol. The van der Waals surface area contributed by atoms with Crippen LogP contribution < -0.4 is 9.86 Å². The Morgan fingerprint density at radius 3 is 2.37 bits per heavy atom. The van der Waals surface area contributed by atoms with Crippen LogP contribution in [0.2, 0.25) is 0 Å². The minimum absolute atomic E-state index is 0.0407. The van der Waals surface area contributed by atoms with Gasteiger partial charge in [-0.2, -0.15) is 0 Å². The van der Waals surface area contributed by atoms with E-state index < -0.39 is 30.8 Å². The topological polar surface area (TPSA) is 106 Å². The summed E-state index contributed by atoms with van der Waals surface area (Å²) in [4.78, 5) is -0.677. The predicted octanol–water partition coefficient (Wildman–Crippen LogP) is 1.01. The molecule has 0 radical (unpaired) electrons. The van der Waals surface area contributed by atoms with E-state index in [0.717, 1.165) is 18.2 Å². The van der Waals surface area contributed by atoms with Crippen LogP contribution in [0.5, 0.6) is 0 Å². The first-order chi connectivity index (χ1) is 8.65. The third kappa shape index (κ3) is 4.77. The molecule has 0 unspecified atom stereocenters. The fourth-order valence-corrected chi connectivity index (χ4v) is 3.21. The van der Waals surface area contributed by atoms with Gasteiger partial charge < -0.3 is 0 Å². The van der Waals surface area contributed by atoms with E-state index in [4.69, 9.17) is 5.14 Å². The standard InChI is InChI=1S/C10H15FN2O4S2/c1-2-3-6-18(14,15)13-8-4-5-10(9(11)7-8)19(12,16)17/h4-5,7,13H,2-3,6H2,1H3,(H2,12,16,17). The molecule has 0 saturated carbocycles. The Hall–Kier alpha value is -1.19. The number of halogens is 1. The van der Waals surface area contributed by atoms with Gasteiger partial charge in [0, 0.05) is 0 Å². The molecule has 0 aliphatic heterocycles. The molecular weight excluding hydrogens is 295 g/mol. The molecule has 0 aromatic heterocycles. The Bertz CT molecular complexity index is 656. The summed E-state index contributed by atoms with van der Waals surface area (Å²) < 4.78 is 60.8. The van der Waals surface area contributed by atoms with Crippen LogP contribution in [-0.2, 0) is 20.0 Å². The van der Waals surface area contributed by atoms with Crippen LogP contribution in [0, 0.1) is 5.82 Å². The first-order valence-corrected chi connectivity index (χ1v) is 8.68. The maximum Gasteiger partial charge on any atom is 0.240 e. The Kier molecular flexibility index (Phi) is 4.88. The van der Waals surface area contributed by atoms with Crippen molar-refractivity contribution in [3.63, 3.8) is 0 Å². The van der Waals surface area contributed by atoms with Crippen molar-refractivity contribution >= 4 is 25.7 Å². The highest BCUT2D eigenvalue weighted by atomic mass is 32.2. The Morgan fingerprint density at radius 2 is 1.89 bits per heavy atom. The molecule has 0 amide bonds. The average Bonchev–Trinajstić information content (AvgIpc) is 2.24.